The first-order valence-corrected chi connectivity index (χ1v) is 7.32. The van der Waals surface area contributed by atoms with Gasteiger partial charge in [-0.15, -0.1) is 0 Å². The maximum absolute atomic E-state index is 11.1. The van der Waals surface area contributed by atoms with Crippen LogP contribution in [0.15, 0.2) is 58.3 Å². The zero-order chi connectivity index (χ0) is 12.1. The molecule has 1 radical (unpaired) electrons. The average Bonchev–Trinajstić information content (AvgIpc) is 2.38. The SMILES string of the molecule is CC(=O)c1ccc(SSc2cc[c]cc2)cc1. The Labute approximate surface area is 109 Å². The summed E-state index contributed by atoms with van der Waals surface area (Å²) in [6, 6.07) is 18.5. The Balaban J connectivity index is 1.98. The van der Waals surface area contributed by atoms with Crippen LogP contribution in [0.2, 0.25) is 0 Å². The van der Waals surface area contributed by atoms with E-state index in [0.29, 0.717) is 0 Å². The molecule has 3 heteroatoms. The second-order valence-corrected chi connectivity index (χ2v) is 5.76. The van der Waals surface area contributed by atoms with Gasteiger partial charge in [-0.1, -0.05) is 45.9 Å². The number of carbonyl (C=O) groups excluding carboxylic acids is 1. The number of Topliss-reactive ketones (excluding diaryl/α,β-unsaturated/α-hetero) is 1. The molecule has 85 valence electrons. The van der Waals surface area contributed by atoms with Gasteiger partial charge in [-0.05, 0) is 37.3 Å². The van der Waals surface area contributed by atoms with Crippen LogP contribution in [0.5, 0.6) is 0 Å². The summed E-state index contributed by atoms with van der Waals surface area (Å²) >= 11 is 0. The van der Waals surface area contributed by atoms with Crippen molar-refractivity contribution in [1.82, 2.24) is 0 Å². The molecule has 0 saturated carbocycles. The van der Waals surface area contributed by atoms with E-state index in [4.69, 9.17) is 0 Å². The molecular weight excluding hydrogens is 248 g/mol. The minimum Gasteiger partial charge on any atom is -0.295 e. The van der Waals surface area contributed by atoms with Crippen molar-refractivity contribution in [1.29, 1.82) is 0 Å². The van der Waals surface area contributed by atoms with Crippen molar-refractivity contribution in [2.75, 3.05) is 0 Å². The van der Waals surface area contributed by atoms with E-state index in [1.165, 1.54) is 4.90 Å². The van der Waals surface area contributed by atoms with Crippen LogP contribution < -0.4 is 0 Å². The van der Waals surface area contributed by atoms with E-state index >= 15 is 0 Å². The van der Waals surface area contributed by atoms with Crippen LogP contribution >= 0.6 is 21.6 Å². The third-order valence-corrected chi connectivity index (χ3v) is 4.60. The minimum atomic E-state index is 0.104. The smallest absolute Gasteiger partial charge is 0.159 e. The fourth-order valence-electron chi connectivity index (χ4n) is 1.27. The molecule has 0 amide bonds. The van der Waals surface area contributed by atoms with Crippen molar-refractivity contribution >= 4 is 27.4 Å². The molecule has 0 aliphatic heterocycles. The van der Waals surface area contributed by atoms with Gasteiger partial charge in [0.2, 0.25) is 0 Å². The molecular formula is C14H11OS2. The van der Waals surface area contributed by atoms with Gasteiger partial charge in [-0.25, -0.2) is 0 Å². The Morgan fingerprint density at radius 3 is 2.00 bits per heavy atom. The highest BCUT2D eigenvalue weighted by atomic mass is 33.1. The summed E-state index contributed by atoms with van der Waals surface area (Å²) in [7, 11) is 3.38. The number of hydrogen-bond donors (Lipinski definition) is 0. The molecule has 0 unspecified atom stereocenters. The lowest BCUT2D eigenvalue weighted by molar-refractivity contribution is 0.101. The fraction of sp³-hybridized carbons (Fsp3) is 0.0714. The summed E-state index contributed by atoms with van der Waals surface area (Å²) in [5, 5.41) is 0. The second-order valence-electron chi connectivity index (χ2n) is 3.48. The summed E-state index contributed by atoms with van der Waals surface area (Å²) in [5.74, 6) is 0.104. The summed E-state index contributed by atoms with van der Waals surface area (Å²) in [5.41, 5.74) is 0.758. The van der Waals surface area contributed by atoms with Crippen molar-refractivity contribution < 1.29 is 4.79 Å². The Bertz CT molecular complexity index is 491. The molecule has 0 saturated heterocycles. The summed E-state index contributed by atoms with van der Waals surface area (Å²) in [4.78, 5) is 13.5. The Morgan fingerprint density at radius 2 is 1.47 bits per heavy atom. The van der Waals surface area contributed by atoms with Crippen LogP contribution in [0.4, 0.5) is 0 Å². The third-order valence-electron chi connectivity index (χ3n) is 2.18. The Morgan fingerprint density at radius 1 is 0.941 bits per heavy atom. The van der Waals surface area contributed by atoms with E-state index in [1.54, 1.807) is 28.5 Å². The second kappa shape index (κ2) is 5.94. The third kappa shape index (κ3) is 3.65. The molecule has 0 heterocycles. The first-order chi connectivity index (χ1) is 8.25. The summed E-state index contributed by atoms with van der Waals surface area (Å²) < 4.78 is 0. The normalized spacial score (nSPS) is 10.2. The van der Waals surface area contributed by atoms with E-state index in [0.717, 1.165) is 10.5 Å². The maximum atomic E-state index is 11.1. The zero-order valence-corrected chi connectivity index (χ0v) is 11.0. The lowest BCUT2D eigenvalue weighted by atomic mass is 10.2. The van der Waals surface area contributed by atoms with Crippen LogP contribution in [0.1, 0.15) is 17.3 Å². The van der Waals surface area contributed by atoms with E-state index < -0.39 is 0 Å². The number of carbonyl (C=O) groups is 1. The van der Waals surface area contributed by atoms with E-state index in [-0.39, 0.29) is 5.78 Å². The number of hydrogen-bond acceptors (Lipinski definition) is 3. The Hall–Kier alpha value is -1.19. The molecule has 1 nitrogen and oxygen atoms in total. The molecule has 17 heavy (non-hydrogen) atoms. The van der Waals surface area contributed by atoms with E-state index in [9.17, 15) is 4.79 Å². The molecule has 2 aromatic rings. The van der Waals surface area contributed by atoms with Gasteiger partial charge in [0, 0.05) is 15.4 Å². The highest BCUT2D eigenvalue weighted by Gasteiger charge is 2.00. The predicted molar refractivity (Wildman–Crippen MR) is 73.4 cm³/mol. The molecule has 0 N–H and O–H groups in total. The van der Waals surface area contributed by atoms with Gasteiger partial charge >= 0.3 is 0 Å². The average molecular weight is 259 g/mol. The minimum absolute atomic E-state index is 0.104. The van der Waals surface area contributed by atoms with Crippen molar-refractivity contribution in [3.63, 3.8) is 0 Å². The van der Waals surface area contributed by atoms with Crippen molar-refractivity contribution in [3.8, 4) is 0 Å². The van der Waals surface area contributed by atoms with Gasteiger partial charge in [-0.3, -0.25) is 4.79 Å². The number of benzene rings is 2. The number of rotatable bonds is 4. The first kappa shape index (κ1) is 12.3. The summed E-state index contributed by atoms with van der Waals surface area (Å²) in [6.07, 6.45) is 0. The summed E-state index contributed by atoms with van der Waals surface area (Å²) in [6.45, 7) is 1.58. The van der Waals surface area contributed by atoms with Gasteiger partial charge in [0.05, 0.1) is 0 Å². The van der Waals surface area contributed by atoms with Gasteiger partial charge in [0.1, 0.15) is 0 Å². The highest BCUT2D eigenvalue weighted by molar-refractivity contribution is 8.76. The maximum Gasteiger partial charge on any atom is 0.159 e. The largest absolute Gasteiger partial charge is 0.295 e. The number of ketones is 1. The predicted octanol–water partition coefficient (Wildman–Crippen LogP) is 4.49. The first-order valence-electron chi connectivity index (χ1n) is 5.17. The molecule has 0 bridgehead atoms. The lowest BCUT2D eigenvalue weighted by Crippen LogP contribution is -1.89. The van der Waals surface area contributed by atoms with Crippen molar-refractivity contribution in [2.45, 2.75) is 16.7 Å². The van der Waals surface area contributed by atoms with Crippen LogP contribution in [0.25, 0.3) is 0 Å². The quantitative estimate of drug-likeness (QED) is 0.595. The molecule has 0 aromatic heterocycles. The molecule has 2 rings (SSSR count). The standard InChI is InChI=1S/C14H11OS2/c1-11(15)12-7-9-14(10-8-12)17-16-13-5-3-2-4-6-13/h3-10H,1H3. The van der Waals surface area contributed by atoms with Crippen molar-refractivity contribution in [2.24, 2.45) is 0 Å². The lowest BCUT2D eigenvalue weighted by Gasteiger charge is -2.01. The van der Waals surface area contributed by atoms with E-state index in [1.807, 2.05) is 48.5 Å². The van der Waals surface area contributed by atoms with Crippen LogP contribution in [0.3, 0.4) is 0 Å². The zero-order valence-electron chi connectivity index (χ0n) is 9.34. The van der Waals surface area contributed by atoms with Crippen LogP contribution in [0, 0.1) is 6.07 Å². The van der Waals surface area contributed by atoms with Gasteiger partial charge in [-0.2, -0.15) is 0 Å². The van der Waals surface area contributed by atoms with Crippen molar-refractivity contribution in [3.05, 3.63) is 60.2 Å². The van der Waals surface area contributed by atoms with Gasteiger partial charge < -0.3 is 0 Å². The molecule has 0 aliphatic carbocycles. The molecule has 0 fully saturated rings. The topological polar surface area (TPSA) is 17.1 Å². The fourth-order valence-corrected chi connectivity index (χ4v) is 3.20. The molecule has 0 aliphatic rings. The highest BCUT2D eigenvalue weighted by Crippen LogP contribution is 2.36. The molecule has 2 aromatic carbocycles. The molecule has 0 spiro atoms. The molecule has 0 atom stereocenters. The Kier molecular flexibility index (Phi) is 4.29. The monoisotopic (exact) mass is 259 g/mol. The van der Waals surface area contributed by atoms with Crippen LogP contribution in [-0.4, -0.2) is 5.78 Å². The van der Waals surface area contributed by atoms with Crippen LogP contribution in [-0.2, 0) is 0 Å². The van der Waals surface area contributed by atoms with Gasteiger partial charge in [0.15, 0.2) is 5.78 Å². The van der Waals surface area contributed by atoms with Gasteiger partial charge in [0.25, 0.3) is 0 Å². The van der Waals surface area contributed by atoms with E-state index in [2.05, 4.69) is 6.07 Å².